The Morgan fingerprint density at radius 1 is 0.677 bits per heavy atom. The number of carboxylic acid groups (broad SMARTS) is 2. The summed E-state index contributed by atoms with van der Waals surface area (Å²) in [6.07, 6.45) is 0. The Morgan fingerprint density at radius 3 is 1.06 bits per heavy atom. The molecule has 0 aliphatic heterocycles. The second-order valence-corrected chi connectivity index (χ2v) is 3.45. The molecule has 2 heterocycles. The van der Waals surface area contributed by atoms with E-state index in [1.165, 1.54) is 0 Å². The zero-order chi connectivity index (χ0) is 16.9. The first-order valence-corrected chi connectivity index (χ1v) is 5.18. The van der Waals surface area contributed by atoms with Gasteiger partial charge in [0.25, 0.3) is 0 Å². The molecule has 0 saturated carbocycles. The average Bonchev–Trinajstić information content (AvgIpc) is 2.37. The van der Waals surface area contributed by atoms with Crippen LogP contribution in [0.25, 0.3) is 0 Å². The molecular weight excluding hydrogens is 725 g/mol. The van der Waals surface area contributed by atoms with Crippen LogP contribution in [-0.2, 0) is 27.4 Å². The Kier molecular flexibility index (Phi) is 53.6. The molecule has 0 amide bonds. The molecule has 21 heteroatoms. The van der Waals surface area contributed by atoms with Crippen molar-refractivity contribution in [3.8, 4) is 0 Å². The van der Waals surface area contributed by atoms with Crippen LogP contribution in [-0.4, -0.2) is 43.8 Å². The molecule has 31 heavy (non-hydrogen) atoms. The van der Waals surface area contributed by atoms with Crippen molar-refractivity contribution in [1.29, 1.82) is 0 Å². The molecule has 0 aromatic carbocycles. The summed E-state index contributed by atoms with van der Waals surface area (Å²) in [7, 11) is 0. The molecule has 0 unspecified atom stereocenters. The van der Waals surface area contributed by atoms with Gasteiger partial charge in [0.05, 0.1) is 11.9 Å². The smallest absolute Gasteiger partial charge is 0.545 e. The maximum Gasteiger partial charge on any atom is 2.00 e. The summed E-state index contributed by atoms with van der Waals surface area (Å²) in [5.74, 6) is -3.29. The first-order valence-electron chi connectivity index (χ1n) is 5.18. The van der Waals surface area contributed by atoms with Crippen LogP contribution in [0.15, 0.2) is 31.3 Å². The van der Waals surface area contributed by atoms with E-state index < -0.39 is 45.8 Å². The molecule has 0 aliphatic rings. The Bertz CT molecular complexity index is 821. The molecule has 0 bridgehead atoms. The van der Waals surface area contributed by atoms with Crippen molar-refractivity contribution in [3.63, 3.8) is 0 Å². The van der Waals surface area contributed by atoms with E-state index in [1.54, 1.807) is 9.97 Å². The topological polar surface area (TPSA) is 400 Å². The molecule has 0 fully saturated rings. The largest absolute Gasteiger partial charge is 2.00 e. The molecule has 0 saturated heterocycles. The molecule has 16 N–H and O–H groups in total. The number of carbonyl (C=O) groups is 2. The average molecular weight is 743 g/mol. The van der Waals surface area contributed by atoms with Crippen LogP contribution < -0.4 is 180 Å². The minimum atomic E-state index is -1.65. The van der Waals surface area contributed by atoms with Gasteiger partial charge in [0.1, 0.15) is 0 Å². The SMILES string of the molecule is O.O.O.O.O=C([O-])c1cc(=O)[nH]c(=O)[n-]1.O=C([O-])c1cc(=O)[nH]c(=O)[n-]1.[Cs+].[Cs+].[Ni+2].[OH3+].[OH3+]. The summed E-state index contributed by atoms with van der Waals surface area (Å²) in [5, 5.41) is 20.1. The first kappa shape index (κ1) is 58.0. The van der Waals surface area contributed by atoms with Crippen LogP contribution in [0.5, 0.6) is 0 Å². The number of carbonyl (C=O) groups excluding carboxylic acids is 2. The predicted octanol–water partition coefficient (Wildman–Crippen LogP) is -17.0. The summed E-state index contributed by atoms with van der Waals surface area (Å²) in [6, 6.07) is 1.35. The van der Waals surface area contributed by atoms with Gasteiger partial charge in [-0.15, -0.1) is 0 Å². The van der Waals surface area contributed by atoms with Crippen LogP contribution in [0.3, 0.4) is 0 Å². The Labute approximate surface area is 297 Å². The van der Waals surface area contributed by atoms with Gasteiger partial charge in [-0.05, 0) is 23.5 Å². The molecule has 2 aromatic rings. The van der Waals surface area contributed by atoms with Crippen molar-refractivity contribution >= 4 is 11.9 Å². The molecule has 2 aromatic heterocycles. The molecule has 0 spiro atoms. The van der Waals surface area contributed by atoms with Gasteiger partial charge in [0.15, 0.2) is 22.5 Å². The summed E-state index contributed by atoms with van der Waals surface area (Å²) < 4.78 is 0. The monoisotopic (exact) mass is 742 g/mol. The summed E-state index contributed by atoms with van der Waals surface area (Å²) in [4.78, 5) is 71.1. The van der Waals surface area contributed by atoms with Gasteiger partial charge in [0, 0.05) is 0 Å². The van der Waals surface area contributed by atoms with E-state index >= 15 is 0 Å². The quantitative estimate of drug-likeness (QED) is 0.216. The maximum absolute atomic E-state index is 10.4. The van der Waals surface area contributed by atoms with E-state index in [-0.39, 0.29) is 187 Å². The minimum Gasteiger partial charge on any atom is -0.545 e. The van der Waals surface area contributed by atoms with E-state index in [9.17, 15) is 39.0 Å². The number of hydrogen-bond acceptors (Lipinski definition) is 8. The fraction of sp³-hybridized carbons (Fsp3) is 0. The molecule has 0 atom stereocenters. The van der Waals surface area contributed by atoms with Gasteiger partial charge >= 0.3 is 154 Å². The number of aromatic amines is 2. The van der Waals surface area contributed by atoms with Crippen molar-refractivity contribution in [2.24, 2.45) is 0 Å². The van der Waals surface area contributed by atoms with Crippen LogP contribution in [0.4, 0.5) is 0 Å². The number of nitrogens with one attached hydrogen (secondary N) is 2. The Hall–Kier alpha value is 0.657. The van der Waals surface area contributed by atoms with Crippen molar-refractivity contribution in [1.82, 2.24) is 19.9 Å². The van der Waals surface area contributed by atoms with Crippen LogP contribution in [0, 0.1) is 0 Å². The molecule has 172 valence electrons. The number of nitrogens with zero attached hydrogens (tertiary/aromatic N) is 2. The van der Waals surface area contributed by atoms with Gasteiger partial charge in [-0.1, -0.05) is 0 Å². The third-order valence-electron chi connectivity index (χ3n) is 1.86. The van der Waals surface area contributed by atoms with Crippen molar-refractivity contribution < 1.29 is 207 Å². The van der Waals surface area contributed by atoms with Crippen LogP contribution >= 0.6 is 0 Å². The van der Waals surface area contributed by atoms with E-state index in [4.69, 9.17) is 0 Å². The van der Waals surface area contributed by atoms with Crippen molar-refractivity contribution in [3.05, 3.63) is 65.2 Å². The second kappa shape index (κ2) is 28.7. The van der Waals surface area contributed by atoms with Crippen LogP contribution in [0.2, 0.25) is 0 Å². The third kappa shape index (κ3) is 23.6. The standard InChI is InChI=1S/2C5H4N2O4.2Cs.Ni.6H2O/c2*8-3-1-2(4(9)10)6-5(11)7-3;;;;;;;;;/h2*1H,(H3,6,7,8,9,10,11);;;;6*1H2/q;;2*+1;+2;;;;;;/p-2. The number of aromatic carboxylic acids is 2. The zero-order valence-electron chi connectivity index (χ0n) is 15.8. The van der Waals surface area contributed by atoms with E-state index in [2.05, 4.69) is 9.97 Å². The molecule has 2 rings (SSSR count). The normalized spacial score (nSPS) is 6.71. The van der Waals surface area contributed by atoms with E-state index in [0.717, 1.165) is 0 Å². The Morgan fingerprint density at radius 2 is 0.903 bits per heavy atom. The fourth-order valence-corrected chi connectivity index (χ4v) is 1.08. The molecule has 18 nitrogen and oxygen atoms in total. The number of rotatable bonds is 2. The molecule has 0 aliphatic carbocycles. The predicted molar refractivity (Wildman–Crippen MR) is 86.2 cm³/mol. The summed E-state index contributed by atoms with van der Waals surface area (Å²) >= 11 is 0. The van der Waals surface area contributed by atoms with E-state index in [1.807, 2.05) is 0 Å². The van der Waals surface area contributed by atoms with Gasteiger partial charge in [-0.2, -0.15) is 0 Å². The maximum atomic E-state index is 10.4. The minimum absolute atomic E-state index is 0. The van der Waals surface area contributed by atoms with Gasteiger partial charge in [-0.3, -0.25) is 19.2 Å². The van der Waals surface area contributed by atoms with Crippen LogP contribution in [0.1, 0.15) is 21.0 Å². The summed E-state index contributed by atoms with van der Waals surface area (Å²) in [6.45, 7) is 0. The van der Waals surface area contributed by atoms with Gasteiger partial charge in [0.2, 0.25) is 0 Å². The summed E-state index contributed by atoms with van der Waals surface area (Å²) in [5.41, 5.74) is -4.89. The second-order valence-electron chi connectivity index (χ2n) is 3.45. The van der Waals surface area contributed by atoms with Crippen molar-refractivity contribution in [2.45, 2.75) is 0 Å². The third-order valence-corrected chi connectivity index (χ3v) is 1.86. The molecular formula is C10H18Cs2N4NiO14+2. The number of aromatic nitrogens is 4. The van der Waals surface area contributed by atoms with Gasteiger partial charge in [-0.25, -0.2) is 0 Å². The number of carboxylic acids is 2. The zero-order valence-corrected chi connectivity index (χ0v) is 29.3. The number of hydrogen-bond donors (Lipinski definition) is 2. The molecule has 0 radical (unpaired) electrons. The number of H-pyrrole nitrogens is 2. The van der Waals surface area contributed by atoms with Gasteiger partial charge < -0.3 is 72.6 Å². The van der Waals surface area contributed by atoms with E-state index in [0.29, 0.717) is 12.1 Å². The van der Waals surface area contributed by atoms with Crippen molar-refractivity contribution in [2.75, 3.05) is 0 Å². The Balaban J connectivity index is -0.0000000346. The fourth-order valence-electron chi connectivity index (χ4n) is 1.08. The first-order chi connectivity index (χ1) is 10.2.